The van der Waals surface area contributed by atoms with Gasteiger partial charge >= 0.3 is 20.0 Å². The maximum atomic E-state index is 9.44. The fourth-order valence-corrected chi connectivity index (χ4v) is 0. The predicted molar refractivity (Wildman–Crippen MR) is 24.2 cm³/mol. The normalized spacial score (nSPS) is 4.83. The molecule has 0 aliphatic rings. The number of hydrogen-bond donors (Lipinski definition) is 0. The molecule has 0 aliphatic heterocycles. The Morgan fingerprint density at radius 3 is 1.33 bits per heavy atom. The zero-order valence-electron chi connectivity index (χ0n) is 4.02. The molecule has 3 heteroatoms. The van der Waals surface area contributed by atoms with Crippen molar-refractivity contribution in [3.05, 3.63) is 0 Å². The first-order valence-corrected chi connectivity index (χ1v) is 2.07. The number of rotatable bonds is 0. The first-order valence-electron chi connectivity index (χ1n) is 1.49. The monoisotopic (exact) mass is 102 g/mol. The second-order valence-electron chi connectivity index (χ2n) is 0.908. The summed E-state index contributed by atoms with van der Waals surface area (Å²) in [7, 11) is 0. The molecule has 0 aliphatic carbocycles. The summed E-state index contributed by atoms with van der Waals surface area (Å²) in [6.07, 6.45) is 0. The molecule has 34 valence electrons. The minimum absolute atomic E-state index is 0.167. The quantitative estimate of drug-likeness (QED) is 0.398. The molecular formula is C3H7AlO2. The molecule has 0 fully saturated rings. The van der Waals surface area contributed by atoms with Crippen LogP contribution in [0.1, 0.15) is 13.8 Å². The SMILES string of the molecule is CC(C)=O.[O]=[AlH]. The van der Waals surface area contributed by atoms with E-state index in [2.05, 4.69) is 0 Å². The van der Waals surface area contributed by atoms with Gasteiger partial charge in [0.1, 0.15) is 5.78 Å². The van der Waals surface area contributed by atoms with E-state index in [4.69, 9.17) is 3.80 Å². The summed E-state index contributed by atoms with van der Waals surface area (Å²) < 4.78 is 8.28. The molecule has 2 nitrogen and oxygen atoms in total. The number of carbonyl (C=O) groups is 1. The van der Waals surface area contributed by atoms with Crippen LogP contribution in [-0.2, 0) is 8.60 Å². The molecule has 0 bridgehead atoms. The fourth-order valence-electron chi connectivity index (χ4n) is 0. The summed E-state index contributed by atoms with van der Waals surface area (Å²) in [5.41, 5.74) is 0. The van der Waals surface area contributed by atoms with Crippen LogP contribution in [0.3, 0.4) is 0 Å². The third-order valence-corrected chi connectivity index (χ3v) is 0. The molecule has 0 radical (unpaired) electrons. The van der Waals surface area contributed by atoms with Crippen LogP contribution in [-0.4, -0.2) is 22.0 Å². The Labute approximate surface area is 45.2 Å². The van der Waals surface area contributed by atoms with E-state index in [-0.39, 0.29) is 5.78 Å². The van der Waals surface area contributed by atoms with Crippen LogP contribution in [0.5, 0.6) is 0 Å². The van der Waals surface area contributed by atoms with Crippen LogP contribution in [0, 0.1) is 0 Å². The Morgan fingerprint density at radius 1 is 1.33 bits per heavy atom. The Bertz CT molecular complexity index is 40.1. The van der Waals surface area contributed by atoms with E-state index in [9.17, 15) is 4.79 Å². The molecule has 0 unspecified atom stereocenters. The zero-order valence-corrected chi connectivity index (χ0v) is 5.44. The molecule has 0 saturated carbocycles. The van der Waals surface area contributed by atoms with Crippen LogP contribution in [0.25, 0.3) is 0 Å². The third kappa shape index (κ3) is 5930000. The molecule has 0 saturated heterocycles. The van der Waals surface area contributed by atoms with Crippen molar-refractivity contribution in [1.82, 2.24) is 0 Å². The van der Waals surface area contributed by atoms with Crippen molar-refractivity contribution in [2.45, 2.75) is 13.8 Å². The Hall–Kier alpha value is 0.00247. The summed E-state index contributed by atoms with van der Waals surface area (Å²) >= 11 is 0.611. The Kier molecular flexibility index (Phi) is 13.9. The van der Waals surface area contributed by atoms with Crippen LogP contribution in [0.15, 0.2) is 0 Å². The molecule has 0 atom stereocenters. The van der Waals surface area contributed by atoms with E-state index in [1.165, 1.54) is 13.8 Å². The second-order valence-corrected chi connectivity index (χ2v) is 0.908. The van der Waals surface area contributed by atoms with Gasteiger partial charge in [0.25, 0.3) is 0 Å². The summed E-state index contributed by atoms with van der Waals surface area (Å²) in [5, 5.41) is 0. The van der Waals surface area contributed by atoms with Gasteiger partial charge < -0.3 is 4.79 Å². The van der Waals surface area contributed by atoms with E-state index >= 15 is 0 Å². The van der Waals surface area contributed by atoms with Gasteiger partial charge in [0.05, 0.1) is 0 Å². The van der Waals surface area contributed by atoms with Crippen molar-refractivity contribution in [1.29, 1.82) is 0 Å². The maximum absolute atomic E-state index is 9.44. The van der Waals surface area contributed by atoms with Gasteiger partial charge in [-0.05, 0) is 13.8 Å². The average molecular weight is 102 g/mol. The number of Topliss-reactive ketones (excluding diaryl/α,β-unsaturated/α-hetero) is 1. The van der Waals surface area contributed by atoms with Crippen molar-refractivity contribution in [3.63, 3.8) is 0 Å². The topological polar surface area (TPSA) is 34.1 Å². The predicted octanol–water partition coefficient (Wildman–Crippen LogP) is -0.172. The molecule has 0 spiro atoms. The van der Waals surface area contributed by atoms with E-state index in [0.717, 1.165) is 0 Å². The molecule has 0 aromatic carbocycles. The first-order chi connectivity index (χ1) is 2.73. The molecule has 0 N–H and O–H groups in total. The van der Waals surface area contributed by atoms with Gasteiger partial charge in [0.15, 0.2) is 0 Å². The van der Waals surface area contributed by atoms with Crippen molar-refractivity contribution in [2.75, 3.05) is 0 Å². The second kappa shape index (κ2) is 8.89. The summed E-state index contributed by atoms with van der Waals surface area (Å²) in [5.74, 6) is 0.167. The van der Waals surface area contributed by atoms with E-state index < -0.39 is 0 Å². The molecule has 0 amide bonds. The van der Waals surface area contributed by atoms with E-state index in [1.807, 2.05) is 0 Å². The van der Waals surface area contributed by atoms with Crippen LogP contribution in [0.4, 0.5) is 0 Å². The number of carbonyl (C=O) groups excluding carboxylic acids is 1. The van der Waals surface area contributed by atoms with Crippen molar-refractivity contribution < 1.29 is 8.60 Å². The van der Waals surface area contributed by atoms with Crippen LogP contribution < -0.4 is 0 Å². The van der Waals surface area contributed by atoms with E-state index in [0.29, 0.717) is 16.2 Å². The molecule has 0 heterocycles. The van der Waals surface area contributed by atoms with Gasteiger partial charge in [0, 0.05) is 0 Å². The minimum atomic E-state index is 0.167. The standard InChI is InChI=1S/C3H6O.Al.O.H/c1-3(2)4;;;/h1-2H3;;;. The van der Waals surface area contributed by atoms with Gasteiger partial charge in [-0.25, -0.2) is 0 Å². The Balaban J connectivity index is 0. The van der Waals surface area contributed by atoms with Crippen molar-refractivity contribution in [2.24, 2.45) is 0 Å². The molecular weight excluding hydrogens is 95.0 g/mol. The van der Waals surface area contributed by atoms with Gasteiger partial charge in [-0.15, -0.1) is 0 Å². The van der Waals surface area contributed by atoms with E-state index in [1.54, 1.807) is 0 Å². The molecule has 0 rings (SSSR count). The summed E-state index contributed by atoms with van der Waals surface area (Å²) in [4.78, 5) is 9.44. The summed E-state index contributed by atoms with van der Waals surface area (Å²) in [6.45, 7) is 3.06. The van der Waals surface area contributed by atoms with Crippen molar-refractivity contribution in [3.8, 4) is 0 Å². The molecule has 0 aromatic heterocycles. The van der Waals surface area contributed by atoms with Gasteiger partial charge in [-0.2, -0.15) is 0 Å². The fraction of sp³-hybridized carbons (Fsp3) is 0.667. The van der Waals surface area contributed by atoms with Crippen LogP contribution in [0.2, 0.25) is 0 Å². The third-order valence-electron chi connectivity index (χ3n) is 0. The van der Waals surface area contributed by atoms with Crippen LogP contribution >= 0.6 is 0 Å². The first kappa shape index (κ1) is 9.38. The van der Waals surface area contributed by atoms with Gasteiger partial charge in [-0.3, -0.25) is 0 Å². The number of hydrogen-bond acceptors (Lipinski definition) is 2. The summed E-state index contributed by atoms with van der Waals surface area (Å²) in [6, 6.07) is 0. The zero-order chi connectivity index (χ0) is 5.58. The molecule has 0 aromatic rings. The molecule has 6 heavy (non-hydrogen) atoms. The van der Waals surface area contributed by atoms with Gasteiger partial charge in [-0.1, -0.05) is 0 Å². The van der Waals surface area contributed by atoms with Crippen molar-refractivity contribution >= 4 is 22.0 Å². The Morgan fingerprint density at radius 2 is 1.33 bits per heavy atom. The van der Waals surface area contributed by atoms with Gasteiger partial charge in [0.2, 0.25) is 0 Å². The average Bonchev–Trinajstić information content (AvgIpc) is 1.41. The number of ketones is 1.